The predicted octanol–water partition coefficient (Wildman–Crippen LogP) is 4.98. The molecule has 2 aliphatic heterocycles. The first-order valence-electron chi connectivity index (χ1n) is 10.0. The van der Waals surface area contributed by atoms with Crippen LogP contribution >= 0.6 is 0 Å². The fourth-order valence-electron chi connectivity index (χ4n) is 3.82. The number of hydrogen-bond donors (Lipinski definition) is 0. The Morgan fingerprint density at radius 3 is 2.61 bits per heavy atom. The molecule has 6 heteroatoms. The molecule has 4 nitrogen and oxygen atoms in total. The summed E-state index contributed by atoms with van der Waals surface area (Å²) in [6.45, 7) is 1.68. The second-order valence-electron chi connectivity index (χ2n) is 7.58. The van der Waals surface area contributed by atoms with Crippen molar-refractivity contribution < 1.29 is 23.0 Å². The maximum absolute atomic E-state index is 14.0. The highest BCUT2D eigenvalue weighted by atomic mass is 19.1. The number of hydrogen-bond acceptors (Lipinski definition) is 4. The predicted molar refractivity (Wildman–Crippen MR) is 112 cm³/mol. The lowest BCUT2D eigenvalue weighted by Gasteiger charge is -2.29. The van der Waals surface area contributed by atoms with Crippen molar-refractivity contribution in [2.24, 2.45) is 0 Å². The lowest BCUT2D eigenvalue weighted by Crippen LogP contribution is -2.33. The van der Waals surface area contributed by atoms with Crippen LogP contribution in [0.1, 0.15) is 27.0 Å². The first kappa shape index (κ1) is 19.5. The molecule has 0 atom stereocenters. The minimum Gasteiger partial charge on any atom is -0.478 e. The van der Waals surface area contributed by atoms with Crippen LogP contribution in [0.3, 0.4) is 0 Å². The van der Waals surface area contributed by atoms with E-state index in [0.717, 1.165) is 17.5 Å². The number of fused-ring (bicyclic) bond motifs is 3. The number of benzene rings is 3. The molecule has 0 saturated carbocycles. The van der Waals surface area contributed by atoms with E-state index in [-0.39, 0.29) is 17.4 Å². The zero-order valence-electron chi connectivity index (χ0n) is 16.6. The number of nitrogens with zero attached hydrogens (tertiary/aromatic N) is 1. The quantitative estimate of drug-likeness (QED) is 0.560. The van der Waals surface area contributed by atoms with Gasteiger partial charge in [-0.2, -0.15) is 0 Å². The molecule has 0 saturated heterocycles. The largest absolute Gasteiger partial charge is 0.478 e. The minimum atomic E-state index is -0.417. The average Bonchev–Trinajstić information content (AvgIpc) is 3.10. The first-order chi connectivity index (χ1) is 15.1. The smallest absolute Gasteiger partial charge is 0.231 e. The number of rotatable bonds is 4. The van der Waals surface area contributed by atoms with E-state index in [2.05, 4.69) is 4.90 Å². The Morgan fingerprint density at radius 2 is 1.81 bits per heavy atom. The Hall–Kier alpha value is -3.51. The topological polar surface area (TPSA) is 38.8 Å². The molecule has 0 fully saturated rings. The average molecular weight is 419 g/mol. The number of Topliss-reactive ketones (excluding diaryl/α,β-unsaturated/α-hetero) is 1. The first-order valence-corrected chi connectivity index (χ1v) is 10.0. The van der Waals surface area contributed by atoms with Crippen molar-refractivity contribution >= 4 is 11.9 Å². The van der Waals surface area contributed by atoms with Crippen LogP contribution in [0, 0.1) is 11.6 Å². The van der Waals surface area contributed by atoms with Gasteiger partial charge in [0.05, 0.1) is 11.1 Å². The number of allylic oxidation sites excluding steroid dienone is 1. The number of ether oxygens (including phenoxy) is 2. The Labute approximate surface area is 178 Å². The van der Waals surface area contributed by atoms with Crippen molar-refractivity contribution in [2.75, 3.05) is 13.3 Å². The monoisotopic (exact) mass is 419 g/mol. The summed E-state index contributed by atoms with van der Waals surface area (Å²) >= 11 is 0. The highest BCUT2D eigenvalue weighted by Gasteiger charge is 2.33. The van der Waals surface area contributed by atoms with Gasteiger partial charge in [-0.3, -0.25) is 9.69 Å². The molecule has 0 N–H and O–H groups in total. The summed E-state index contributed by atoms with van der Waals surface area (Å²) in [6, 6.07) is 16.1. The van der Waals surface area contributed by atoms with Crippen molar-refractivity contribution in [3.05, 3.63) is 100 Å². The van der Waals surface area contributed by atoms with Crippen LogP contribution in [0.25, 0.3) is 6.08 Å². The summed E-state index contributed by atoms with van der Waals surface area (Å²) in [6.07, 6.45) is 2.17. The number of carbonyl (C=O) groups excluding carboxylic acids is 1. The number of carbonyl (C=O) groups is 1. The fourth-order valence-corrected chi connectivity index (χ4v) is 3.82. The standard InChI is InChI=1S/C25H19F2NO3/c26-18-7-5-16(6-8-18)11-12-28-14-20-22(30-15-28)10-9-19-24(29)23(31-25(19)20)13-17-3-1-2-4-21(17)27/h1-10,13H,11-12,14-15H2/b23-13-. The molecule has 0 spiro atoms. The normalized spacial score (nSPS) is 16.6. The molecule has 0 aromatic heterocycles. The van der Waals surface area contributed by atoms with Crippen molar-refractivity contribution in [1.29, 1.82) is 0 Å². The zero-order chi connectivity index (χ0) is 21.4. The molecular weight excluding hydrogens is 400 g/mol. The van der Waals surface area contributed by atoms with E-state index in [9.17, 15) is 13.6 Å². The molecule has 0 aliphatic carbocycles. The highest BCUT2D eigenvalue weighted by Crippen LogP contribution is 2.42. The number of ketones is 1. The molecule has 5 rings (SSSR count). The van der Waals surface area contributed by atoms with Crippen LogP contribution in [0.2, 0.25) is 0 Å². The Morgan fingerprint density at radius 1 is 1.00 bits per heavy atom. The van der Waals surface area contributed by atoms with E-state index in [0.29, 0.717) is 42.4 Å². The van der Waals surface area contributed by atoms with Gasteiger partial charge in [-0.05, 0) is 48.4 Å². The van der Waals surface area contributed by atoms with E-state index < -0.39 is 5.82 Å². The number of halogens is 2. The molecule has 0 bridgehead atoms. The third-order valence-corrected chi connectivity index (χ3v) is 5.50. The lowest BCUT2D eigenvalue weighted by atomic mass is 10.0. The summed E-state index contributed by atoms with van der Waals surface area (Å²) in [7, 11) is 0. The summed E-state index contributed by atoms with van der Waals surface area (Å²) in [5, 5.41) is 0. The van der Waals surface area contributed by atoms with Gasteiger partial charge in [0, 0.05) is 18.7 Å². The molecule has 0 amide bonds. The van der Waals surface area contributed by atoms with Crippen LogP contribution in [0.5, 0.6) is 11.5 Å². The fraction of sp³-hybridized carbons (Fsp3) is 0.160. The van der Waals surface area contributed by atoms with Crippen LogP contribution in [-0.2, 0) is 13.0 Å². The zero-order valence-corrected chi connectivity index (χ0v) is 16.6. The summed E-state index contributed by atoms with van der Waals surface area (Å²) in [5.74, 6) is 0.296. The van der Waals surface area contributed by atoms with Gasteiger partial charge in [-0.15, -0.1) is 0 Å². The van der Waals surface area contributed by atoms with Gasteiger partial charge in [0.15, 0.2) is 5.76 Å². The van der Waals surface area contributed by atoms with Gasteiger partial charge < -0.3 is 9.47 Å². The van der Waals surface area contributed by atoms with Crippen LogP contribution < -0.4 is 9.47 Å². The molecule has 3 aromatic rings. The van der Waals surface area contributed by atoms with E-state index in [1.165, 1.54) is 24.3 Å². The van der Waals surface area contributed by atoms with Gasteiger partial charge in [-0.25, -0.2) is 8.78 Å². The Bertz CT molecular complexity index is 1190. The van der Waals surface area contributed by atoms with E-state index in [1.807, 2.05) is 0 Å². The second kappa shape index (κ2) is 7.96. The van der Waals surface area contributed by atoms with Gasteiger partial charge >= 0.3 is 0 Å². The third-order valence-electron chi connectivity index (χ3n) is 5.50. The molecule has 2 aliphatic rings. The highest BCUT2D eigenvalue weighted by molar-refractivity contribution is 6.15. The minimum absolute atomic E-state index is 0.0944. The molecule has 3 aromatic carbocycles. The van der Waals surface area contributed by atoms with Gasteiger partial charge in [0.2, 0.25) is 5.78 Å². The molecule has 0 radical (unpaired) electrons. The van der Waals surface area contributed by atoms with Gasteiger partial charge in [0.1, 0.15) is 29.9 Å². The van der Waals surface area contributed by atoms with Crippen molar-refractivity contribution in [2.45, 2.75) is 13.0 Å². The molecular formula is C25H19F2NO3. The summed E-state index contributed by atoms with van der Waals surface area (Å²) in [5.41, 5.74) is 2.58. The molecule has 31 heavy (non-hydrogen) atoms. The van der Waals surface area contributed by atoms with Crippen molar-refractivity contribution in [3.8, 4) is 11.5 Å². The SMILES string of the molecule is O=C1/C(=C/c2ccccc2F)Oc2c1ccc1c2CN(CCc2ccc(F)cc2)CO1. The molecule has 2 heterocycles. The van der Waals surface area contributed by atoms with Crippen LogP contribution in [0.4, 0.5) is 8.78 Å². The molecule has 0 unspecified atom stereocenters. The maximum Gasteiger partial charge on any atom is 0.231 e. The van der Waals surface area contributed by atoms with Crippen LogP contribution in [-0.4, -0.2) is 24.0 Å². The third kappa shape index (κ3) is 3.82. The van der Waals surface area contributed by atoms with Crippen molar-refractivity contribution in [1.82, 2.24) is 4.90 Å². The second-order valence-corrected chi connectivity index (χ2v) is 7.58. The van der Waals surface area contributed by atoms with Crippen LogP contribution in [0.15, 0.2) is 66.4 Å². The van der Waals surface area contributed by atoms with Crippen molar-refractivity contribution in [3.63, 3.8) is 0 Å². The van der Waals surface area contributed by atoms with Gasteiger partial charge in [0.25, 0.3) is 0 Å². The van der Waals surface area contributed by atoms with E-state index in [1.54, 1.807) is 42.5 Å². The molecule has 156 valence electrons. The van der Waals surface area contributed by atoms with Gasteiger partial charge in [-0.1, -0.05) is 30.3 Å². The lowest BCUT2D eigenvalue weighted by molar-refractivity contribution is 0.0949. The Balaban J connectivity index is 1.36. The Kier molecular flexibility index (Phi) is 5.00. The summed E-state index contributed by atoms with van der Waals surface area (Å²) < 4.78 is 38.9. The summed E-state index contributed by atoms with van der Waals surface area (Å²) in [4.78, 5) is 14.9. The van der Waals surface area contributed by atoms with E-state index in [4.69, 9.17) is 9.47 Å². The maximum atomic E-state index is 14.0. The van der Waals surface area contributed by atoms with E-state index >= 15 is 0 Å².